The van der Waals surface area contributed by atoms with Crippen LogP contribution in [0.4, 0.5) is 4.79 Å². The number of ether oxygens (including phenoxy) is 2. The number of amides is 2. The molecule has 0 saturated heterocycles. The highest BCUT2D eigenvalue weighted by Gasteiger charge is 2.48. The van der Waals surface area contributed by atoms with Crippen LogP contribution in [0.25, 0.3) is 0 Å². The number of carbonyl (C=O) groups excluding carboxylic acids is 3. The summed E-state index contributed by atoms with van der Waals surface area (Å²) in [5.41, 5.74) is -1.19. The molecule has 31 heavy (non-hydrogen) atoms. The van der Waals surface area contributed by atoms with Gasteiger partial charge in [0.15, 0.2) is 0 Å². The van der Waals surface area contributed by atoms with Crippen LogP contribution in [-0.2, 0) is 28.4 Å². The summed E-state index contributed by atoms with van der Waals surface area (Å²) in [6, 6.07) is -1.14. The van der Waals surface area contributed by atoms with Gasteiger partial charge in [-0.15, -0.1) is 0 Å². The molecule has 0 aliphatic heterocycles. The Bertz CT molecular complexity index is 734. The lowest BCUT2D eigenvalue weighted by atomic mass is 9.87. The van der Waals surface area contributed by atoms with Crippen molar-refractivity contribution < 1.29 is 43.2 Å². The fourth-order valence-corrected chi connectivity index (χ4v) is 5.18. The third-order valence-electron chi connectivity index (χ3n) is 5.25. The SMILES string of the molecule is CC(OC(=O)N[C@@H](C)P(=O)(O)CC1(C(=O)N[C@@H](C)C(=O)O)CCCC1)OC(=O)C(C)C. The largest absolute Gasteiger partial charge is 0.480 e. The van der Waals surface area contributed by atoms with Crippen molar-refractivity contribution in [3.05, 3.63) is 0 Å². The van der Waals surface area contributed by atoms with Crippen LogP contribution in [0.15, 0.2) is 0 Å². The van der Waals surface area contributed by atoms with Gasteiger partial charge in [-0.1, -0.05) is 26.7 Å². The number of carboxylic acids is 1. The standard InChI is InChI=1S/C19H33N2O9P/c1-11(2)16(24)29-14(5)30-18(26)21-13(4)31(27,28)10-19(8-6-7-9-19)17(25)20-12(3)15(22)23/h11-14H,6-10H2,1-5H3,(H,20,25)(H,21,26)(H,22,23)(H,27,28)/t12-,13+,14?/m0/s1. The minimum absolute atomic E-state index is 0.342. The lowest BCUT2D eigenvalue weighted by Gasteiger charge is -2.32. The van der Waals surface area contributed by atoms with Crippen molar-refractivity contribution in [2.45, 2.75) is 78.4 Å². The highest BCUT2D eigenvalue weighted by molar-refractivity contribution is 7.58. The van der Waals surface area contributed by atoms with Crippen molar-refractivity contribution >= 4 is 31.3 Å². The molecule has 0 radical (unpaired) electrons. The van der Waals surface area contributed by atoms with Gasteiger partial charge in [-0.25, -0.2) is 4.79 Å². The fraction of sp³-hybridized carbons (Fsp3) is 0.789. The fourth-order valence-electron chi connectivity index (χ4n) is 3.27. The molecule has 11 nitrogen and oxygen atoms in total. The van der Waals surface area contributed by atoms with Gasteiger partial charge in [0, 0.05) is 13.1 Å². The average Bonchev–Trinajstić information content (AvgIpc) is 3.09. The lowest BCUT2D eigenvalue weighted by Crippen LogP contribution is -2.48. The molecule has 1 aliphatic carbocycles. The number of hydrogen-bond acceptors (Lipinski definition) is 7. The number of alkyl carbamates (subject to hydrolysis) is 1. The monoisotopic (exact) mass is 464 g/mol. The second kappa shape index (κ2) is 10.9. The van der Waals surface area contributed by atoms with E-state index in [-0.39, 0.29) is 0 Å². The maximum Gasteiger partial charge on any atom is 0.410 e. The number of esters is 1. The molecular weight excluding hydrogens is 431 g/mol. The minimum atomic E-state index is -4.09. The normalized spacial score (nSPS) is 20.1. The molecule has 0 aromatic heterocycles. The van der Waals surface area contributed by atoms with Crippen molar-refractivity contribution in [2.75, 3.05) is 6.16 Å². The number of carbonyl (C=O) groups is 4. The number of carboxylic acid groups (broad SMARTS) is 1. The summed E-state index contributed by atoms with van der Waals surface area (Å²) in [7, 11) is -4.09. The van der Waals surface area contributed by atoms with Crippen molar-refractivity contribution in [1.82, 2.24) is 10.6 Å². The molecule has 4 N–H and O–H groups in total. The second-order valence-corrected chi connectivity index (χ2v) is 10.9. The Morgan fingerprint density at radius 2 is 1.55 bits per heavy atom. The van der Waals surface area contributed by atoms with E-state index >= 15 is 0 Å². The molecule has 1 rings (SSSR count). The molecule has 0 aromatic rings. The number of nitrogens with one attached hydrogen (secondary N) is 2. The summed E-state index contributed by atoms with van der Waals surface area (Å²) in [6.07, 6.45) is -0.628. The number of aliphatic carboxylic acids is 1. The van der Waals surface area contributed by atoms with Gasteiger partial charge in [0.1, 0.15) is 11.8 Å². The summed E-state index contributed by atoms with van der Waals surface area (Å²) in [5, 5.41) is 13.7. The molecule has 0 spiro atoms. The molecule has 1 fully saturated rings. The molecular formula is C19H33N2O9P. The Balaban J connectivity index is 2.78. The minimum Gasteiger partial charge on any atom is -0.480 e. The summed E-state index contributed by atoms with van der Waals surface area (Å²) >= 11 is 0. The first-order valence-electron chi connectivity index (χ1n) is 10.2. The molecule has 1 aliphatic rings. The molecule has 1 saturated carbocycles. The van der Waals surface area contributed by atoms with Gasteiger partial charge in [0.05, 0.1) is 11.3 Å². The highest BCUT2D eigenvalue weighted by Crippen LogP contribution is 2.54. The Hall–Kier alpha value is -2.13. The molecule has 0 heterocycles. The zero-order chi connectivity index (χ0) is 24.0. The number of rotatable bonds is 10. The maximum atomic E-state index is 13.0. The second-order valence-electron chi connectivity index (χ2n) is 8.32. The average molecular weight is 464 g/mol. The van der Waals surface area contributed by atoms with Crippen molar-refractivity contribution in [1.29, 1.82) is 0 Å². The van der Waals surface area contributed by atoms with Crippen LogP contribution in [0.2, 0.25) is 0 Å². The van der Waals surface area contributed by atoms with E-state index in [1.54, 1.807) is 13.8 Å². The van der Waals surface area contributed by atoms with Crippen LogP contribution in [0, 0.1) is 11.3 Å². The summed E-state index contributed by atoms with van der Waals surface area (Å²) in [4.78, 5) is 58.0. The third-order valence-corrected chi connectivity index (χ3v) is 7.65. The predicted molar refractivity (Wildman–Crippen MR) is 110 cm³/mol. The van der Waals surface area contributed by atoms with Crippen LogP contribution in [0.3, 0.4) is 0 Å². The van der Waals surface area contributed by atoms with E-state index < -0.39 is 66.9 Å². The Labute approximate surface area is 181 Å². The quantitative estimate of drug-likeness (QED) is 0.215. The van der Waals surface area contributed by atoms with Crippen LogP contribution < -0.4 is 10.6 Å². The zero-order valence-electron chi connectivity index (χ0n) is 18.5. The first-order valence-corrected chi connectivity index (χ1v) is 12.1. The van der Waals surface area contributed by atoms with Gasteiger partial charge < -0.3 is 30.1 Å². The van der Waals surface area contributed by atoms with Crippen LogP contribution in [0.5, 0.6) is 0 Å². The Morgan fingerprint density at radius 3 is 2.03 bits per heavy atom. The first-order chi connectivity index (χ1) is 14.2. The Morgan fingerprint density at radius 1 is 1.00 bits per heavy atom. The van der Waals surface area contributed by atoms with Crippen molar-refractivity contribution in [3.63, 3.8) is 0 Å². The molecule has 4 atom stereocenters. The van der Waals surface area contributed by atoms with Crippen molar-refractivity contribution in [3.8, 4) is 0 Å². The molecule has 2 unspecified atom stereocenters. The topological polar surface area (TPSA) is 168 Å². The van der Waals surface area contributed by atoms with Gasteiger partial charge in [0.2, 0.25) is 19.6 Å². The van der Waals surface area contributed by atoms with Gasteiger partial charge in [-0.3, -0.25) is 18.9 Å². The Kier molecular flexibility index (Phi) is 9.50. The maximum absolute atomic E-state index is 13.0. The molecule has 2 amide bonds. The smallest absolute Gasteiger partial charge is 0.410 e. The number of hydrogen-bond donors (Lipinski definition) is 4. The van der Waals surface area contributed by atoms with E-state index in [2.05, 4.69) is 10.6 Å². The molecule has 178 valence electrons. The summed E-state index contributed by atoms with van der Waals surface area (Å²) < 4.78 is 22.8. The molecule has 0 bridgehead atoms. The van der Waals surface area contributed by atoms with Gasteiger partial charge in [-0.2, -0.15) is 0 Å². The van der Waals surface area contributed by atoms with Crippen molar-refractivity contribution in [2.24, 2.45) is 11.3 Å². The van der Waals surface area contributed by atoms with Crippen LogP contribution in [-0.4, -0.2) is 58.2 Å². The van der Waals surface area contributed by atoms with Crippen LogP contribution >= 0.6 is 7.37 Å². The van der Waals surface area contributed by atoms with E-state index in [4.69, 9.17) is 14.6 Å². The van der Waals surface area contributed by atoms with Crippen LogP contribution in [0.1, 0.15) is 60.3 Å². The van der Waals surface area contributed by atoms with Gasteiger partial charge in [-0.05, 0) is 26.7 Å². The predicted octanol–water partition coefficient (Wildman–Crippen LogP) is 2.02. The summed E-state index contributed by atoms with van der Waals surface area (Å²) in [5.74, 6) is -4.01. The lowest BCUT2D eigenvalue weighted by molar-refractivity contribution is -0.168. The van der Waals surface area contributed by atoms with Gasteiger partial charge in [0.25, 0.3) is 0 Å². The first kappa shape index (κ1) is 26.9. The van der Waals surface area contributed by atoms with E-state index in [1.807, 2.05) is 0 Å². The van der Waals surface area contributed by atoms with E-state index in [9.17, 15) is 28.6 Å². The van der Waals surface area contributed by atoms with Gasteiger partial charge >= 0.3 is 18.0 Å². The van der Waals surface area contributed by atoms with E-state index in [0.717, 1.165) is 0 Å². The zero-order valence-corrected chi connectivity index (χ0v) is 19.4. The van der Waals surface area contributed by atoms with E-state index in [0.29, 0.717) is 25.7 Å². The molecule has 12 heteroatoms. The summed E-state index contributed by atoms with van der Waals surface area (Å²) in [6.45, 7) is 7.20. The third kappa shape index (κ3) is 7.81. The highest BCUT2D eigenvalue weighted by atomic mass is 31.2. The van der Waals surface area contributed by atoms with E-state index in [1.165, 1.54) is 20.8 Å². The molecule has 0 aromatic carbocycles.